The Morgan fingerprint density at radius 3 is 2.28 bits per heavy atom. The molecule has 0 spiro atoms. The molecule has 1 aliphatic rings. The van der Waals surface area contributed by atoms with Gasteiger partial charge in [-0.25, -0.2) is 0 Å². The third-order valence-corrected chi connectivity index (χ3v) is 3.77. The molecule has 0 aliphatic heterocycles. The van der Waals surface area contributed by atoms with Gasteiger partial charge >= 0.3 is 6.18 Å². The summed E-state index contributed by atoms with van der Waals surface area (Å²) in [6.07, 6.45) is -0.412. The van der Waals surface area contributed by atoms with Crippen LogP contribution in [0.2, 0.25) is 0 Å². The lowest BCUT2D eigenvalue weighted by molar-refractivity contribution is -0.137. The van der Waals surface area contributed by atoms with Gasteiger partial charge in [-0.3, -0.25) is 0 Å². The minimum absolute atomic E-state index is 0.445. The van der Waals surface area contributed by atoms with Gasteiger partial charge in [0.05, 0.1) is 5.56 Å². The topological polar surface area (TPSA) is 12.0 Å². The van der Waals surface area contributed by atoms with Crippen LogP contribution in [0.1, 0.15) is 37.3 Å². The molecule has 0 bridgehead atoms. The molecule has 1 aromatic carbocycles. The summed E-state index contributed by atoms with van der Waals surface area (Å²) in [5.74, 6) is 0.736. The molecule has 0 saturated heterocycles. The average Bonchev–Trinajstić information content (AvgIpc) is 2.23. The number of rotatable bonds is 4. The summed E-state index contributed by atoms with van der Waals surface area (Å²) in [6.45, 7) is 2.78. The SMILES string of the molecule is CC(NCc1ccc(C(F)(F)F)cc1)C1CCC1. The molecule has 4 heteroatoms. The van der Waals surface area contributed by atoms with Gasteiger partial charge in [0.25, 0.3) is 0 Å². The number of nitrogens with one attached hydrogen (secondary N) is 1. The van der Waals surface area contributed by atoms with Gasteiger partial charge in [-0.1, -0.05) is 18.6 Å². The Balaban J connectivity index is 1.86. The first-order valence-electron chi connectivity index (χ1n) is 6.36. The molecule has 0 heterocycles. The molecule has 1 nitrogen and oxygen atoms in total. The highest BCUT2D eigenvalue weighted by atomic mass is 19.4. The summed E-state index contributed by atoms with van der Waals surface area (Å²) in [7, 11) is 0. The fourth-order valence-electron chi connectivity index (χ4n) is 2.20. The Bertz CT molecular complexity index is 379. The van der Waals surface area contributed by atoms with Crippen LogP contribution in [0.3, 0.4) is 0 Å². The van der Waals surface area contributed by atoms with Crippen LogP contribution in [0.25, 0.3) is 0 Å². The van der Waals surface area contributed by atoms with E-state index in [0.29, 0.717) is 12.6 Å². The molecular formula is C14H18F3N. The van der Waals surface area contributed by atoms with Gasteiger partial charge < -0.3 is 5.32 Å². The minimum atomic E-state index is -4.24. The Morgan fingerprint density at radius 1 is 1.22 bits per heavy atom. The van der Waals surface area contributed by atoms with Gasteiger partial charge in [0.2, 0.25) is 0 Å². The van der Waals surface area contributed by atoms with E-state index in [1.54, 1.807) is 12.1 Å². The maximum Gasteiger partial charge on any atom is 0.416 e. The van der Waals surface area contributed by atoms with Crippen molar-refractivity contribution in [2.45, 2.75) is 44.9 Å². The van der Waals surface area contributed by atoms with Crippen molar-refractivity contribution in [2.24, 2.45) is 5.92 Å². The maximum absolute atomic E-state index is 12.4. The van der Waals surface area contributed by atoms with E-state index in [0.717, 1.165) is 23.6 Å². The highest BCUT2D eigenvalue weighted by Gasteiger charge is 2.30. The van der Waals surface area contributed by atoms with E-state index in [1.165, 1.54) is 19.3 Å². The number of alkyl halides is 3. The van der Waals surface area contributed by atoms with E-state index < -0.39 is 11.7 Å². The number of halogens is 3. The van der Waals surface area contributed by atoms with Crippen molar-refractivity contribution in [1.29, 1.82) is 0 Å². The molecule has 1 aliphatic carbocycles. The number of benzene rings is 1. The predicted molar refractivity (Wildman–Crippen MR) is 65.1 cm³/mol. The van der Waals surface area contributed by atoms with Crippen LogP contribution < -0.4 is 5.32 Å². The highest BCUT2D eigenvalue weighted by molar-refractivity contribution is 5.24. The number of hydrogen-bond donors (Lipinski definition) is 1. The van der Waals surface area contributed by atoms with Gasteiger partial charge in [-0.05, 0) is 43.4 Å². The van der Waals surface area contributed by atoms with E-state index in [4.69, 9.17) is 0 Å². The molecule has 100 valence electrons. The second-order valence-electron chi connectivity index (χ2n) is 5.06. The Hall–Kier alpha value is -1.03. The largest absolute Gasteiger partial charge is 0.416 e. The third-order valence-electron chi connectivity index (χ3n) is 3.77. The zero-order valence-corrected chi connectivity index (χ0v) is 10.4. The molecule has 0 radical (unpaired) electrons. The van der Waals surface area contributed by atoms with Gasteiger partial charge in [-0.15, -0.1) is 0 Å². The lowest BCUT2D eigenvalue weighted by Gasteiger charge is -2.32. The molecule has 0 aromatic heterocycles. The van der Waals surface area contributed by atoms with Crippen molar-refractivity contribution >= 4 is 0 Å². The molecular weight excluding hydrogens is 239 g/mol. The summed E-state index contributed by atoms with van der Waals surface area (Å²) in [6, 6.07) is 5.82. The van der Waals surface area contributed by atoms with Crippen molar-refractivity contribution in [3.8, 4) is 0 Å². The van der Waals surface area contributed by atoms with Crippen molar-refractivity contribution in [2.75, 3.05) is 0 Å². The second kappa shape index (κ2) is 5.31. The normalized spacial score (nSPS) is 18.4. The summed E-state index contributed by atoms with van der Waals surface area (Å²) >= 11 is 0. The first kappa shape index (κ1) is 13.4. The van der Waals surface area contributed by atoms with Gasteiger partial charge in [-0.2, -0.15) is 13.2 Å². The highest BCUT2D eigenvalue weighted by Crippen LogP contribution is 2.30. The maximum atomic E-state index is 12.4. The molecule has 0 amide bonds. The summed E-state index contributed by atoms with van der Waals surface area (Å²) < 4.78 is 37.1. The third kappa shape index (κ3) is 3.25. The number of hydrogen-bond acceptors (Lipinski definition) is 1. The Morgan fingerprint density at radius 2 is 1.83 bits per heavy atom. The Labute approximate surface area is 105 Å². The van der Waals surface area contributed by atoms with E-state index >= 15 is 0 Å². The van der Waals surface area contributed by atoms with Crippen LogP contribution in [0, 0.1) is 5.92 Å². The molecule has 18 heavy (non-hydrogen) atoms. The second-order valence-corrected chi connectivity index (χ2v) is 5.06. The summed E-state index contributed by atoms with van der Waals surface area (Å²) in [4.78, 5) is 0. The summed E-state index contributed by atoms with van der Waals surface area (Å²) in [5.41, 5.74) is 0.312. The smallest absolute Gasteiger partial charge is 0.310 e. The van der Waals surface area contributed by atoms with Gasteiger partial charge in [0.1, 0.15) is 0 Å². The zero-order valence-electron chi connectivity index (χ0n) is 10.4. The lowest BCUT2D eigenvalue weighted by atomic mass is 9.80. The van der Waals surface area contributed by atoms with Gasteiger partial charge in [0, 0.05) is 12.6 Å². The van der Waals surface area contributed by atoms with E-state index in [9.17, 15) is 13.2 Å². The summed E-state index contributed by atoms with van der Waals surface area (Å²) in [5, 5.41) is 3.38. The molecule has 1 saturated carbocycles. The van der Waals surface area contributed by atoms with Crippen LogP contribution in [0.5, 0.6) is 0 Å². The quantitative estimate of drug-likeness (QED) is 0.860. The zero-order chi connectivity index (χ0) is 13.2. The minimum Gasteiger partial charge on any atom is -0.310 e. The first-order chi connectivity index (χ1) is 8.47. The molecule has 1 unspecified atom stereocenters. The van der Waals surface area contributed by atoms with Crippen LogP contribution >= 0.6 is 0 Å². The molecule has 1 aromatic rings. The fourth-order valence-corrected chi connectivity index (χ4v) is 2.20. The van der Waals surface area contributed by atoms with E-state index in [-0.39, 0.29) is 0 Å². The average molecular weight is 257 g/mol. The fraction of sp³-hybridized carbons (Fsp3) is 0.571. The molecule has 1 atom stereocenters. The van der Waals surface area contributed by atoms with Crippen LogP contribution in [0.4, 0.5) is 13.2 Å². The van der Waals surface area contributed by atoms with Crippen LogP contribution in [-0.2, 0) is 12.7 Å². The van der Waals surface area contributed by atoms with Crippen LogP contribution in [-0.4, -0.2) is 6.04 Å². The van der Waals surface area contributed by atoms with Crippen LogP contribution in [0.15, 0.2) is 24.3 Å². The first-order valence-corrected chi connectivity index (χ1v) is 6.36. The molecule has 2 rings (SSSR count). The molecule has 1 N–H and O–H groups in total. The molecule has 1 fully saturated rings. The lowest BCUT2D eigenvalue weighted by Crippen LogP contribution is -2.36. The van der Waals surface area contributed by atoms with Crippen molar-refractivity contribution in [3.63, 3.8) is 0 Å². The van der Waals surface area contributed by atoms with Crippen molar-refractivity contribution in [1.82, 2.24) is 5.32 Å². The van der Waals surface area contributed by atoms with Gasteiger partial charge in [0.15, 0.2) is 0 Å². The van der Waals surface area contributed by atoms with Crippen molar-refractivity contribution in [3.05, 3.63) is 35.4 Å². The Kier molecular flexibility index (Phi) is 3.95. The predicted octanol–water partition coefficient (Wildman–Crippen LogP) is 3.98. The monoisotopic (exact) mass is 257 g/mol. The van der Waals surface area contributed by atoms with Crippen molar-refractivity contribution < 1.29 is 13.2 Å². The van der Waals surface area contributed by atoms with E-state index in [2.05, 4.69) is 12.2 Å². The standard InChI is InChI=1S/C14H18F3N/c1-10(12-3-2-4-12)18-9-11-5-7-13(8-6-11)14(15,16)17/h5-8,10,12,18H,2-4,9H2,1H3. The van der Waals surface area contributed by atoms with E-state index in [1.807, 2.05) is 0 Å².